The van der Waals surface area contributed by atoms with Crippen molar-refractivity contribution in [3.63, 3.8) is 0 Å². The normalized spacial score (nSPS) is 13.5. The molecule has 0 unspecified atom stereocenters. The minimum atomic E-state index is -1.31. The van der Waals surface area contributed by atoms with Crippen LogP contribution in [0, 0.1) is 0 Å². The molecule has 0 aliphatic carbocycles. The first-order valence-electron chi connectivity index (χ1n) is 11.7. The van der Waals surface area contributed by atoms with E-state index in [0.29, 0.717) is 25.3 Å². The summed E-state index contributed by atoms with van der Waals surface area (Å²) in [5, 5.41) is 30.8. The van der Waals surface area contributed by atoms with E-state index in [-0.39, 0.29) is 24.3 Å². The number of phenols is 1. The summed E-state index contributed by atoms with van der Waals surface area (Å²) < 4.78 is 5.58. The van der Waals surface area contributed by atoms with Gasteiger partial charge in [-0.05, 0) is 30.5 Å². The summed E-state index contributed by atoms with van der Waals surface area (Å²) >= 11 is 0. The fourth-order valence-corrected chi connectivity index (χ4v) is 3.44. The predicted molar refractivity (Wildman–Crippen MR) is 133 cm³/mol. The highest BCUT2D eigenvalue weighted by molar-refractivity contribution is 5.97. The second-order valence-corrected chi connectivity index (χ2v) is 8.12. The molecule has 2 aromatic carbocycles. The van der Waals surface area contributed by atoms with E-state index >= 15 is 0 Å². The average molecular weight is 498 g/mol. The van der Waals surface area contributed by atoms with Crippen LogP contribution in [0.4, 0.5) is 0 Å². The summed E-state index contributed by atoms with van der Waals surface area (Å²) in [6.07, 6.45) is 1.58. The number of aliphatic carboxylic acids is 1. The van der Waals surface area contributed by atoms with E-state index in [4.69, 9.17) is 4.74 Å². The van der Waals surface area contributed by atoms with Gasteiger partial charge in [-0.3, -0.25) is 14.6 Å². The van der Waals surface area contributed by atoms with Crippen LogP contribution < -0.4 is 26.0 Å². The Kier molecular flexibility index (Phi) is 9.92. The maximum absolute atomic E-state index is 12.5. The highest BCUT2D eigenvalue weighted by Gasteiger charge is 2.22. The summed E-state index contributed by atoms with van der Waals surface area (Å²) in [6, 6.07) is 12.3. The molecule has 0 spiro atoms. The number of aliphatic imine (C=N–C) groups is 1. The zero-order chi connectivity index (χ0) is 25.8. The molecule has 3 rings (SSSR count). The molecule has 11 nitrogen and oxygen atoms in total. The average Bonchev–Trinajstić information content (AvgIpc) is 2.88. The molecular weight excluding hydrogens is 466 g/mol. The largest absolute Gasteiger partial charge is 0.507 e. The van der Waals surface area contributed by atoms with Gasteiger partial charge in [0.1, 0.15) is 24.1 Å². The number of aryl methyl sites for hydroxylation is 1. The van der Waals surface area contributed by atoms with Crippen LogP contribution in [0.15, 0.2) is 53.5 Å². The van der Waals surface area contributed by atoms with Crippen LogP contribution in [0.2, 0.25) is 0 Å². The number of ether oxygens (including phenoxy) is 1. The topological polar surface area (TPSA) is 161 Å². The first-order chi connectivity index (χ1) is 17.4. The maximum atomic E-state index is 12.5. The number of amides is 2. The number of guanidine groups is 1. The summed E-state index contributed by atoms with van der Waals surface area (Å²) in [7, 11) is 0. The minimum absolute atomic E-state index is 0.0409. The highest BCUT2D eigenvalue weighted by atomic mass is 16.5. The molecule has 1 aliphatic heterocycles. The molecule has 0 saturated heterocycles. The number of carboxylic acids is 1. The van der Waals surface area contributed by atoms with Gasteiger partial charge in [-0.2, -0.15) is 0 Å². The SMILES string of the molecule is O=C(CCc1ccccc1)N[C@@H](CNC(=O)c1ccc(OCCNC2=NCCCN2)cc1O)C(=O)O. The lowest BCUT2D eigenvalue weighted by atomic mass is 10.1. The summed E-state index contributed by atoms with van der Waals surface area (Å²) in [5.74, 6) is -1.60. The van der Waals surface area contributed by atoms with Gasteiger partial charge in [0.25, 0.3) is 5.91 Å². The lowest BCUT2D eigenvalue weighted by Crippen LogP contribution is -2.48. The van der Waals surface area contributed by atoms with Crippen LogP contribution in [0.5, 0.6) is 11.5 Å². The number of rotatable bonds is 12. The van der Waals surface area contributed by atoms with Crippen molar-refractivity contribution in [2.45, 2.75) is 25.3 Å². The van der Waals surface area contributed by atoms with E-state index in [9.17, 15) is 24.6 Å². The van der Waals surface area contributed by atoms with Crippen LogP contribution in [0.25, 0.3) is 0 Å². The number of aromatic hydroxyl groups is 1. The Labute approximate surface area is 209 Å². The molecule has 0 fully saturated rings. The third-order valence-corrected chi connectivity index (χ3v) is 5.36. The van der Waals surface area contributed by atoms with Gasteiger partial charge in [0.2, 0.25) is 5.91 Å². The van der Waals surface area contributed by atoms with Crippen molar-refractivity contribution < 1.29 is 29.3 Å². The lowest BCUT2D eigenvalue weighted by molar-refractivity contribution is -0.141. The van der Waals surface area contributed by atoms with Gasteiger partial charge in [0.15, 0.2) is 5.96 Å². The number of carboxylic acid groups (broad SMARTS) is 1. The van der Waals surface area contributed by atoms with E-state index in [1.54, 1.807) is 0 Å². The Balaban J connectivity index is 1.43. The Hall–Kier alpha value is -4.28. The number of phenolic OH excluding ortho intramolecular Hbond substituents is 1. The predicted octanol–water partition coefficient (Wildman–Crippen LogP) is 0.642. The van der Waals surface area contributed by atoms with Gasteiger partial charge >= 0.3 is 5.97 Å². The standard InChI is InChI=1S/C25H31N5O6/c31-21-15-18(36-14-13-28-25-26-11-4-12-27-25)8-9-19(21)23(33)29-16-20(24(34)35)30-22(32)10-7-17-5-2-1-3-6-17/h1-3,5-6,8-9,15,20,31H,4,7,10-14,16H2,(H,29,33)(H,30,32)(H,34,35)(H2,26,27,28)/t20-/m0/s1. The zero-order valence-electron chi connectivity index (χ0n) is 19.8. The van der Waals surface area contributed by atoms with E-state index in [2.05, 4.69) is 26.3 Å². The van der Waals surface area contributed by atoms with Gasteiger partial charge in [-0.1, -0.05) is 30.3 Å². The van der Waals surface area contributed by atoms with Crippen molar-refractivity contribution in [3.05, 3.63) is 59.7 Å². The molecule has 192 valence electrons. The van der Waals surface area contributed by atoms with Gasteiger partial charge in [0.05, 0.1) is 12.1 Å². The van der Waals surface area contributed by atoms with E-state index < -0.39 is 23.8 Å². The van der Waals surface area contributed by atoms with Crippen molar-refractivity contribution in [1.29, 1.82) is 0 Å². The molecule has 0 bridgehead atoms. The van der Waals surface area contributed by atoms with Crippen molar-refractivity contribution in [2.75, 3.05) is 32.8 Å². The Morgan fingerprint density at radius 1 is 1.14 bits per heavy atom. The molecule has 6 N–H and O–H groups in total. The Morgan fingerprint density at radius 2 is 1.94 bits per heavy atom. The van der Waals surface area contributed by atoms with E-state index in [1.807, 2.05) is 30.3 Å². The molecule has 0 aromatic heterocycles. The summed E-state index contributed by atoms with van der Waals surface area (Å²) in [6.45, 7) is 2.13. The van der Waals surface area contributed by atoms with Crippen molar-refractivity contribution in [3.8, 4) is 11.5 Å². The molecule has 0 radical (unpaired) electrons. The van der Waals surface area contributed by atoms with Crippen LogP contribution in [-0.4, -0.2) is 72.8 Å². The number of benzene rings is 2. The number of carbonyl (C=O) groups is 3. The second kappa shape index (κ2) is 13.6. The highest BCUT2D eigenvalue weighted by Crippen LogP contribution is 2.23. The van der Waals surface area contributed by atoms with Gasteiger partial charge in [0, 0.05) is 32.1 Å². The fourth-order valence-electron chi connectivity index (χ4n) is 3.44. The summed E-state index contributed by atoms with van der Waals surface area (Å²) in [4.78, 5) is 40.5. The number of hydrogen-bond acceptors (Lipinski definition) is 8. The smallest absolute Gasteiger partial charge is 0.328 e. The Bertz CT molecular complexity index is 1080. The quantitative estimate of drug-likeness (QED) is 0.233. The van der Waals surface area contributed by atoms with Crippen molar-refractivity contribution >= 4 is 23.7 Å². The van der Waals surface area contributed by atoms with Crippen LogP contribution in [0.1, 0.15) is 28.8 Å². The molecule has 11 heteroatoms. The second-order valence-electron chi connectivity index (χ2n) is 8.12. The van der Waals surface area contributed by atoms with Crippen molar-refractivity contribution in [2.24, 2.45) is 4.99 Å². The molecule has 0 saturated carbocycles. The molecular formula is C25H31N5O6. The first kappa shape index (κ1) is 26.3. The summed E-state index contributed by atoms with van der Waals surface area (Å²) in [5.41, 5.74) is 0.920. The number of hydrogen-bond donors (Lipinski definition) is 6. The third-order valence-electron chi connectivity index (χ3n) is 5.36. The number of nitrogens with zero attached hydrogens (tertiary/aromatic N) is 1. The van der Waals surface area contributed by atoms with Crippen LogP contribution >= 0.6 is 0 Å². The van der Waals surface area contributed by atoms with Gasteiger partial charge < -0.3 is 36.2 Å². The monoisotopic (exact) mass is 497 g/mol. The fraction of sp³-hybridized carbons (Fsp3) is 0.360. The number of nitrogens with one attached hydrogen (secondary N) is 4. The number of carbonyl (C=O) groups excluding carboxylic acids is 2. The molecule has 1 heterocycles. The molecule has 2 amide bonds. The molecule has 1 aliphatic rings. The van der Waals surface area contributed by atoms with Crippen LogP contribution in [0.3, 0.4) is 0 Å². The van der Waals surface area contributed by atoms with Crippen molar-refractivity contribution in [1.82, 2.24) is 21.3 Å². The van der Waals surface area contributed by atoms with E-state index in [1.165, 1.54) is 18.2 Å². The van der Waals surface area contributed by atoms with Crippen LogP contribution in [-0.2, 0) is 16.0 Å². The first-order valence-corrected chi connectivity index (χ1v) is 11.7. The lowest BCUT2D eigenvalue weighted by Gasteiger charge is -2.17. The third kappa shape index (κ3) is 8.49. The maximum Gasteiger partial charge on any atom is 0.328 e. The minimum Gasteiger partial charge on any atom is -0.507 e. The van der Waals surface area contributed by atoms with Gasteiger partial charge in [-0.25, -0.2) is 4.79 Å². The van der Waals surface area contributed by atoms with Gasteiger partial charge in [-0.15, -0.1) is 0 Å². The van der Waals surface area contributed by atoms with E-state index in [0.717, 1.165) is 31.0 Å². The molecule has 1 atom stereocenters. The Morgan fingerprint density at radius 3 is 2.64 bits per heavy atom. The molecule has 36 heavy (non-hydrogen) atoms. The zero-order valence-corrected chi connectivity index (χ0v) is 19.8. The molecule has 2 aromatic rings.